The first kappa shape index (κ1) is 12.4. The standard InChI is InChI=1S/C14H22N2O2/c15-9-14(12-1-2-12,16-13-3-4-13)10-18-8-11-5-6-17-7-11/h11-13,16H,1-8,10H2. The van der Waals surface area contributed by atoms with Crippen molar-refractivity contribution in [3.63, 3.8) is 0 Å². The third-order valence-electron chi connectivity index (χ3n) is 4.22. The molecule has 3 aliphatic rings. The van der Waals surface area contributed by atoms with Gasteiger partial charge in [-0.3, -0.25) is 5.32 Å². The summed E-state index contributed by atoms with van der Waals surface area (Å²) >= 11 is 0. The maximum atomic E-state index is 9.54. The largest absolute Gasteiger partial charge is 0.381 e. The van der Waals surface area contributed by atoms with E-state index in [1.807, 2.05) is 0 Å². The summed E-state index contributed by atoms with van der Waals surface area (Å²) in [6, 6.07) is 3.07. The molecule has 1 heterocycles. The van der Waals surface area contributed by atoms with Gasteiger partial charge in [-0.2, -0.15) is 5.26 Å². The smallest absolute Gasteiger partial charge is 0.133 e. The molecule has 0 radical (unpaired) electrons. The first-order valence-corrected chi connectivity index (χ1v) is 7.17. The lowest BCUT2D eigenvalue weighted by Crippen LogP contribution is -2.51. The van der Waals surface area contributed by atoms with Gasteiger partial charge in [-0.15, -0.1) is 0 Å². The molecular weight excluding hydrogens is 228 g/mol. The van der Waals surface area contributed by atoms with Gasteiger partial charge in [0.15, 0.2) is 0 Å². The minimum absolute atomic E-state index is 0.416. The monoisotopic (exact) mass is 250 g/mol. The van der Waals surface area contributed by atoms with Gasteiger partial charge in [0.1, 0.15) is 5.54 Å². The normalized spacial score (nSPS) is 30.9. The van der Waals surface area contributed by atoms with Gasteiger partial charge >= 0.3 is 0 Å². The van der Waals surface area contributed by atoms with Crippen LogP contribution in [0, 0.1) is 23.2 Å². The van der Waals surface area contributed by atoms with Crippen LogP contribution in [0.15, 0.2) is 0 Å². The van der Waals surface area contributed by atoms with Gasteiger partial charge in [-0.25, -0.2) is 0 Å². The molecule has 1 aliphatic heterocycles. The van der Waals surface area contributed by atoms with Gasteiger partial charge < -0.3 is 9.47 Å². The minimum Gasteiger partial charge on any atom is -0.381 e. The molecule has 3 rings (SSSR count). The van der Waals surface area contributed by atoms with Crippen LogP contribution in [0.2, 0.25) is 0 Å². The lowest BCUT2D eigenvalue weighted by Gasteiger charge is -2.28. The van der Waals surface area contributed by atoms with Gasteiger partial charge in [0.2, 0.25) is 0 Å². The van der Waals surface area contributed by atoms with Crippen LogP contribution in [0.5, 0.6) is 0 Å². The highest BCUT2D eigenvalue weighted by molar-refractivity contribution is 5.17. The van der Waals surface area contributed by atoms with Gasteiger partial charge in [0.25, 0.3) is 0 Å². The SMILES string of the molecule is N#CC(COCC1CCOC1)(NC1CC1)C1CC1. The summed E-state index contributed by atoms with van der Waals surface area (Å²) in [5, 5.41) is 13.1. The molecular formula is C14H22N2O2. The van der Waals surface area contributed by atoms with Gasteiger partial charge in [-0.1, -0.05) is 0 Å². The summed E-state index contributed by atoms with van der Waals surface area (Å²) in [5.41, 5.74) is -0.416. The second-order valence-electron chi connectivity index (χ2n) is 6.02. The van der Waals surface area contributed by atoms with Crippen molar-refractivity contribution in [3.05, 3.63) is 0 Å². The number of rotatable bonds is 7. The molecule has 3 fully saturated rings. The van der Waals surface area contributed by atoms with Crippen LogP contribution in [-0.4, -0.2) is 38.0 Å². The van der Waals surface area contributed by atoms with Crippen LogP contribution in [0.3, 0.4) is 0 Å². The molecule has 1 saturated heterocycles. The summed E-state index contributed by atoms with van der Waals surface area (Å²) in [7, 11) is 0. The fourth-order valence-corrected chi connectivity index (χ4v) is 2.70. The zero-order chi connectivity index (χ0) is 12.4. The highest BCUT2D eigenvalue weighted by Crippen LogP contribution is 2.41. The second-order valence-corrected chi connectivity index (χ2v) is 6.02. The third-order valence-corrected chi connectivity index (χ3v) is 4.22. The molecule has 0 spiro atoms. The summed E-state index contributed by atoms with van der Waals surface area (Å²) in [4.78, 5) is 0. The van der Waals surface area contributed by atoms with Crippen LogP contribution in [-0.2, 0) is 9.47 Å². The average Bonchev–Trinajstić information content (AvgIpc) is 3.29. The van der Waals surface area contributed by atoms with Crippen molar-refractivity contribution in [3.8, 4) is 6.07 Å². The van der Waals surface area contributed by atoms with E-state index in [-0.39, 0.29) is 0 Å². The Labute approximate surface area is 109 Å². The molecule has 100 valence electrons. The molecule has 2 aliphatic carbocycles. The van der Waals surface area contributed by atoms with Crippen LogP contribution in [0.25, 0.3) is 0 Å². The summed E-state index contributed by atoms with van der Waals surface area (Å²) in [5.74, 6) is 1.03. The fraction of sp³-hybridized carbons (Fsp3) is 0.929. The Kier molecular flexibility index (Phi) is 3.56. The summed E-state index contributed by atoms with van der Waals surface area (Å²) in [6.07, 6.45) is 5.87. The predicted molar refractivity (Wildman–Crippen MR) is 67.0 cm³/mol. The van der Waals surface area contributed by atoms with Crippen LogP contribution in [0.4, 0.5) is 0 Å². The third kappa shape index (κ3) is 2.85. The molecule has 2 saturated carbocycles. The highest BCUT2D eigenvalue weighted by atomic mass is 16.5. The van der Waals surface area contributed by atoms with Crippen molar-refractivity contribution in [2.24, 2.45) is 11.8 Å². The van der Waals surface area contributed by atoms with Crippen LogP contribution in [0.1, 0.15) is 32.1 Å². The fourth-order valence-electron chi connectivity index (χ4n) is 2.70. The van der Waals surface area contributed by atoms with Crippen LogP contribution < -0.4 is 5.32 Å². The van der Waals surface area contributed by atoms with Gasteiger partial charge in [-0.05, 0) is 38.0 Å². The number of nitrogens with zero attached hydrogens (tertiary/aromatic N) is 1. The van der Waals surface area contributed by atoms with Crippen molar-refractivity contribution in [2.75, 3.05) is 26.4 Å². The summed E-state index contributed by atoms with van der Waals surface area (Å²) < 4.78 is 11.2. The minimum atomic E-state index is -0.416. The van der Waals surface area contributed by atoms with E-state index in [4.69, 9.17) is 9.47 Å². The van der Waals surface area contributed by atoms with Crippen molar-refractivity contribution >= 4 is 0 Å². The Morgan fingerprint density at radius 3 is 2.67 bits per heavy atom. The molecule has 0 aromatic heterocycles. The zero-order valence-corrected chi connectivity index (χ0v) is 10.9. The zero-order valence-electron chi connectivity index (χ0n) is 10.9. The van der Waals surface area contributed by atoms with E-state index in [9.17, 15) is 5.26 Å². The van der Waals surface area contributed by atoms with Crippen LogP contribution >= 0.6 is 0 Å². The summed E-state index contributed by atoms with van der Waals surface area (Å²) in [6.45, 7) is 2.96. The van der Waals surface area contributed by atoms with E-state index in [0.717, 1.165) is 26.2 Å². The lowest BCUT2D eigenvalue weighted by atomic mass is 9.96. The molecule has 1 N–H and O–H groups in total. The molecule has 0 amide bonds. The number of ether oxygens (including phenoxy) is 2. The Morgan fingerprint density at radius 2 is 2.11 bits per heavy atom. The molecule has 0 aromatic carbocycles. The second kappa shape index (κ2) is 5.16. The van der Waals surface area contributed by atoms with Crippen molar-refractivity contribution in [1.82, 2.24) is 5.32 Å². The quantitative estimate of drug-likeness (QED) is 0.743. The van der Waals surface area contributed by atoms with E-state index in [1.54, 1.807) is 0 Å². The molecule has 18 heavy (non-hydrogen) atoms. The lowest BCUT2D eigenvalue weighted by molar-refractivity contribution is 0.0518. The van der Waals surface area contributed by atoms with E-state index >= 15 is 0 Å². The Bertz CT molecular complexity index is 327. The van der Waals surface area contributed by atoms with E-state index in [1.165, 1.54) is 25.7 Å². The molecule has 4 heteroatoms. The Hall–Kier alpha value is -0.630. The van der Waals surface area contributed by atoms with E-state index in [2.05, 4.69) is 11.4 Å². The topological polar surface area (TPSA) is 54.3 Å². The molecule has 4 nitrogen and oxygen atoms in total. The maximum absolute atomic E-state index is 9.54. The first-order chi connectivity index (χ1) is 8.82. The number of nitriles is 1. The van der Waals surface area contributed by atoms with Crippen molar-refractivity contribution < 1.29 is 9.47 Å². The number of nitrogens with one attached hydrogen (secondary N) is 1. The molecule has 2 atom stereocenters. The predicted octanol–water partition coefficient (Wildman–Crippen LogP) is 1.46. The molecule has 0 bridgehead atoms. The average molecular weight is 250 g/mol. The first-order valence-electron chi connectivity index (χ1n) is 7.17. The van der Waals surface area contributed by atoms with Gasteiger partial charge in [0.05, 0.1) is 25.9 Å². The molecule has 0 aromatic rings. The molecule has 2 unspecified atom stereocenters. The Balaban J connectivity index is 1.50. The van der Waals surface area contributed by atoms with Crippen molar-refractivity contribution in [1.29, 1.82) is 5.26 Å². The van der Waals surface area contributed by atoms with E-state index in [0.29, 0.717) is 24.5 Å². The van der Waals surface area contributed by atoms with Crippen molar-refractivity contribution in [2.45, 2.75) is 43.7 Å². The number of hydrogen-bond donors (Lipinski definition) is 1. The van der Waals surface area contributed by atoms with Gasteiger partial charge in [0, 0.05) is 18.6 Å². The maximum Gasteiger partial charge on any atom is 0.133 e. The Morgan fingerprint density at radius 1 is 1.28 bits per heavy atom. The number of hydrogen-bond acceptors (Lipinski definition) is 4. The van der Waals surface area contributed by atoms with E-state index < -0.39 is 5.54 Å². The highest BCUT2D eigenvalue weighted by Gasteiger charge is 2.48.